The summed E-state index contributed by atoms with van der Waals surface area (Å²) in [5.41, 5.74) is 2.51. The van der Waals surface area contributed by atoms with Crippen LogP contribution in [0.2, 0.25) is 5.02 Å². The molecule has 0 saturated heterocycles. The highest BCUT2D eigenvalue weighted by molar-refractivity contribution is 7.99. The minimum absolute atomic E-state index is 0.715. The molecular weight excluding hydrogens is 392 g/mol. The van der Waals surface area contributed by atoms with E-state index in [0.717, 1.165) is 24.5 Å². The van der Waals surface area contributed by atoms with Crippen LogP contribution in [0, 0.1) is 0 Å². The van der Waals surface area contributed by atoms with Crippen molar-refractivity contribution >= 4 is 44.9 Å². The van der Waals surface area contributed by atoms with Crippen molar-refractivity contribution in [3.05, 3.63) is 47.5 Å². The van der Waals surface area contributed by atoms with Gasteiger partial charge < -0.3 is 9.80 Å². The van der Waals surface area contributed by atoms with E-state index in [4.69, 9.17) is 16.2 Å². The van der Waals surface area contributed by atoms with Gasteiger partial charge in [-0.25, -0.2) is 0 Å². The van der Waals surface area contributed by atoms with E-state index < -0.39 is 10.1 Å². The molecule has 0 amide bonds. The summed E-state index contributed by atoms with van der Waals surface area (Å²) < 4.78 is 25.9. The van der Waals surface area contributed by atoms with Gasteiger partial charge in [0.05, 0.1) is 17.6 Å². The number of nitrogens with zero attached hydrogens (tertiary/aromatic N) is 2. The van der Waals surface area contributed by atoms with Gasteiger partial charge in [-0.05, 0) is 57.4 Å². The Hall–Kier alpha value is -1.25. The fourth-order valence-corrected chi connectivity index (χ4v) is 3.83. The molecule has 1 aliphatic heterocycles. The van der Waals surface area contributed by atoms with Crippen molar-refractivity contribution in [2.75, 3.05) is 38.3 Å². The van der Waals surface area contributed by atoms with Gasteiger partial charge in [-0.2, -0.15) is 8.42 Å². The van der Waals surface area contributed by atoms with Crippen LogP contribution >= 0.6 is 23.4 Å². The summed E-state index contributed by atoms with van der Waals surface area (Å²) in [6, 6.07) is 14.8. The molecule has 0 aromatic heterocycles. The second kappa shape index (κ2) is 9.10. The number of anilines is 2. The Labute approximate surface area is 164 Å². The number of halogens is 1. The number of benzene rings is 2. The van der Waals surface area contributed by atoms with E-state index in [1.165, 1.54) is 21.2 Å². The molecule has 142 valence electrons. The zero-order chi connectivity index (χ0) is 19.3. The number of fused-ring (bicyclic) bond motifs is 2. The maximum absolute atomic E-state index is 9.19. The highest BCUT2D eigenvalue weighted by Gasteiger charge is 2.22. The zero-order valence-electron chi connectivity index (χ0n) is 15.0. The molecular formula is C18H23ClN2O3S2. The molecule has 0 radical (unpaired) electrons. The number of hydrogen-bond acceptors (Lipinski definition) is 5. The Kier molecular flexibility index (Phi) is 7.37. The van der Waals surface area contributed by atoms with Crippen molar-refractivity contribution in [2.24, 2.45) is 0 Å². The van der Waals surface area contributed by atoms with Crippen LogP contribution in [0.4, 0.5) is 11.4 Å². The van der Waals surface area contributed by atoms with Crippen LogP contribution in [0.1, 0.15) is 6.42 Å². The lowest BCUT2D eigenvalue weighted by molar-refractivity contribution is 0.402. The molecule has 1 N–H and O–H groups in total. The molecule has 0 bridgehead atoms. The summed E-state index contributed by atoms with van der Waals surface area (Å²) in [5.74, 6) is 0. The fourth-order valence-electron chi connectivity index (χ4n) is 2.59. The van der Waals surface area contributed by atoms with Crippen LogP contribution in [0.25, 0.3) is 0 Å². The predicted molar refractivity (Wildman–Crippen MR) is 110 cm³/mol. The number of para-hydroxylation sites is 1. The summed E-state index contributed by atoms with van der Waals surface area (Å²) in [5, 5.41) is 0.798. The average molecular weight is 415 g/mol. The SMILES string of the molecule is CN(C)CCCN1c2ccccc2Sc2ccc(Cl)cc21.CS(=O)(=O)O. The van der Waals surface area contributed by atoms with Crippen molar-refractivity contribution in [2.45, 2.75) is 16.2 Å². The largest absolute Gasteiger partial charge is 0.340 e. The van der Waals surface area contributed by atoms with Crippen LogP contribution in [0.3, 0.4) is 0 Å². The third kappa shape index (κ3) is 6.48. The number of rotatable bonds is 4. The summed E-state index contributed by atoms with van der Waals surface area (Å²) >= 11 is 8.03. The first-order valence-corrected chi connectivity index (χ1v) is 11.1. The van der Waals surface area contributed by atoms with Crippen molar-refractivity contribution in [3.63, 3.8) is 0 Å². The fraction of sp³-hybridized carbons (Fsp3) is 0.333. The highest BCUT2D eigenvalue weighted by atomic mass is 35.5. The van der Waals surface area contributed by atoms with Crippen LogP contribution in [-0.2, 0) is 10.1 Å². The molecule has 0 unspecified atom stereocenters. The molecule has 8 heteroatoms. The first kappa shape index (κ1) is 21.1. The summed E-state index contributed by atoms with van der Waals surface area (Å²) in [7, 11) is 0.565. The van der Waals surface area contributed by atoms with E-state index in [1.54, 1.807) is 0 Å². The van der Waals surface area contributed by atoms with E-state index in [0.29, 0.717) is 6.26 Å². The van der Waals surface area contributed by atoms with Crippen molar-refractivity contribution in [3.8, 4) is 0 Å². The first-order chi connectivity index (χ1) is 12.1. The normalized spacial score (nSPS) is 12.9. The molecule has 0 spiro atoms. The molecule has 1 heterocycles. The minimum Gasteiger partial charge on any atom is -0.340 e. The Bertz CT molecular complexity index is 849. The Morgan fingerprint density at radius 2 is 1.73 bits per heavy atom. The van der Waals surface area contributed by atoms with Crippen molar-refractivity contribution in [1.82, 2.24) is 4.90 Å². The molecule has 0 fully saturated rings. The standard InChI is InChI=1S/C17H19ClN2S.CH4O3S/c1-19(2)10-5-11-20-14-6-3-4-7-16(14)21-17-9-8-13(18)12-15(17)20;1-5(2,3)4/h3-4,6-9,12H,5,10-11H2,1-2H3;1H3,(H,2,3,4). The lowest BCUT2D eigenvalue weighted by atomic mass is 10.2. The molecule has 2 aromatic carbocycles. The summed E-state index contributed by atoms with van der Waals surface area (Å²) in [6.45, 7) is 2.09. The van der Waals surface area contributed by atoms with Crippen molar-refractivity contribution < 1.29 is 13.0 Å². The van der Waals surface area contributed by atoms with Gasteiger partial charge in [-0.3, -0.25) is 4.55 Å². The Balaban J connectivity index is 0.000000431. The molecule has 0 aliphatic carbocycles. The third-order valence-electron chi connectivity index (χ3n) is 3.57. The van der Waals surface area contributed by atoms with Crippen LogP contribution in [-0.4, -0.2) is 51.3 Å². The summed E-state index contributed by atoms with van der Waals surface area (Å²) in [4.78, 5) is 7.22. The van der Waals surface area contributed by atoms with Gasteiger partial charge in [0.2, 0.25) is 0 Å². The molecule has 0 saturated carbocycles. The van der Waals surface area contributed by atoms with E-state index in [-0.39, 0.29) is 0 Å². The number of hydrogen-bond donors (Lipinski definition) is 1. The maximum atomic E-state index is 9.19. The lowest BCUT2D eigenvalue weighted by Crippen LogP contribution is -2.25. The quantitative estimate of drug-likeness (QED) is 0.748. The maximum Gasteiger partial charge on any atom is 0.261 e. The van der Waals surface area contributed by atoms with Gasteiger partial charge in [0.1, 0.15) is 0 Å². The monoisotopic (exact) mass is 414 g/mol. The second-order valence-electron chi connectivity index (χ2n) is 6.22. The minimum atomic E-state index is -3.67. The van der Waals surface area contributed by atoms with Gasteiger partial charge >= 0.3 is 0 Å². The highest BCUT2D eigenvalue weighted by Crippen LogP contribution is 2.48. The van der Waals surface area contributed by atoms with Gasteiger partial charge in [-0.1, -0.05) is 35.5 Å². The molecule has 26 heavy (non-hydrogen) atoms. The van der Waals surface area contributed by atoms with Gasteiger partial charge in [0, 0.05) is 21.4 Å². The molecule has 0 atom stereocenters. The van der Waals surface area contributed by atoms with Crippen LogP contribution < -0.4 is 4.90 Å². The first-order valence-electron chi connectivity index (χ1n) is 8.06. The second-order valence-corrected chi connectivity index (χ2v) is 9.21. The van der Waals surface area contributed by atoms with Crippen LogP contribution in [0.5, 0.6) is 0 Å². The third-order valence-corrected chi connectivity index (χ3v) is 4.94. The molecule has 3 rings (SSSR count). The molecule has 5 nitrogen and oxygen atoms in total. The van der Waals surface area contributed by atoms with Gasteiger partial charge in [0.15, 0.2) is 0 Å². The van der Waals surface area contributed by atoms with Crippen LogP contribution in [0.15, 0.2) is 52.3 Å². The summed E-state index contributed by atoms with van der Waals surface area (Å²) in [6.07, 6.45) is 1.84. The smallest absolute Gasteiger partial charge is 0.261 e. The van der Waals surface area contributed by atoms with Gasteiger partial charge in [-0.15, -0.1) is 0 Å². The van der Waals surface area contributed by atoms with Gasteiger partial charge in [0.25, 0.3) is 10.1 Å². The molecule has 2 aromatic rings. The Morgan fingerprint density at radius 1 is 1.12 bits per heavy atom. The van der Waals surface area contributed by atoms with Crippen molar-refractivity contribution in [1.29, 1.82) is 0 Å². The Morgan fingerprint density at radius 3 is 2.38 bits per heavy atom. The van der Waals surface area contributed by atoms with E-state index in [1.807, 2.05) is 17.8 Å². The molecule has 1 aliphatic rings. The topological polar surface area (TPSA) is 60.9 Å². The average Bonchev–Trinajstić information content (AvgIpc) is 2.53. The zero-order valence-corrected chi connectivity index (χ0v) is 17.4. The lowest BCUT2D eigenvalue weighted by Gasteiger charge is -2.33. The van der Waals surface area contributed by atoms with E-state index in [9.17, 15) is 8.42 Å². The van der Waals surface area contributed by atoms with E-state index >= 15 is 0 Å². The predicted octanol–water partition coefficient (Wildman–Crippen LogP) is 4.40. The van der Waals surface area contributed by atoms with E-state index in [2.05, 4.69) is 60.3 Å².